The molecular weight excluding hydrogens is 830 g/mol. The van der Waals surface area contributed by atoms with Crippen molar-refractivity contribution in [2.24, 2.45) is 0 Å². The maximum Gasteiger partial charge on any atom is 0.431 e. The molecule has 0 unspecified atom stereocenters. The van der Waals surface area contributed by atoms with Gasteiger partial charge in [-0.05, 0) is 125 Å². The summed E-state index contributed by atoms with van der Waals surface area (Å²) in [4.78, 5) is 53.9. The molecule has 0 N–H and O–H groups in total. The highest BCUT2D eigenvalue weighted by Crippen LogP contribution is 2.45. The monoisotopic (exact) mass is 888 g/mol. The maximum absolute atomic E-state index is 13.5. The first kappa shape index (κ1) is 44.5. The molecule has 5 aliphatic rings. The number of anilines is 1. The quantitative estimate of drug-likeness (QED) is 0.164. The number of carbonyl (C=O) groups is 3. The van der Waals surface area contributed by atoms with E-state index in [0.29, 0.717) is 63.4 Å². The van der Waals surface area contributed by atoms with Crippen molar-refractivity contribution in [2.45, 2.75) is 82.7 Å². The lowest BCUT2D eigenvalue weighted by molar-refractivity contribution is -0.144. The molecule has 2 amide bonds. The van der Waals surface area contributed by atoms with Crippen LogP contribution in [0.4, 0.5) is 19.0 Å². The minimum atomic E-state index is -4.36. The molecule has 8 heterocycles. The number of aryl methyl sites for hydroxylation is 1. The number of rotatable bonds is 5. The van der Waals surface area contributed by atoms with Gasteiger partial charge in [-0.15, -0.1) is 0 Å². The molecule has 0 saturated carbocycles. The van der Waals surface area contributed by atoms with Gasteiger partial charge in [0.1, 0.15) is 11.5 Å². The van der Waals surface area contributed by atoms with Crippen molar-refractivity contribution in [3.63, 3.8) is 0 Å². The summed E-state index contributed by atoms with van der Waals surface area (Å²) in [6.45, 7) is 10.6. The van der Waals surface area contributed by atoms with E-state index in [1.165, 1.54) is 21.9 Å². The number of aromatic nitrogens is 3. The van der Waals surface area contributed by atoms with Crippen LogP contribution in [0.25, 0.3) is 11.1 Å². The number of likely N-dealkylation sites (N-methyl/N-ethyl adjacent to an activating group) is 2. The van der Waals surface area contributed by atoms with Gasteiger partial charge in [0, 0.05) is 95.5 Å². The number of benzene rings is 2. The van der Waals surface area contributed by atoms with Crippen molar-refractivity contribution in [2.75, 3.05) is 71.4 Å². The summed E-state index contributed by atoms with van der Waals surface area (Å²) in [6.07, 6.45) is 2.52. The Morgan fingerprint density at radius 1 is 0.631 bits per heavy atom. The summed E-state index contributed by atoms with van der Waals surface area (Å²) in [5.74, 6) is 0.919. The number of nitrogens with zero attached hydrogens (tertiary/aromatic N) is 8. The average molecular weight is 889 g/mol. The first-order valence-corrected chi connectivity index (χ1v) is 23.1. The van der Waals surface area contributed by atoms with Crippen molar-refractivity contribution in [1.82, 2.24) is 33.7 Å². The molecule has 5 aliphatic heterocycles. The number of pyridine rings is 1. The van der Waals surface area contributed by atoms with Crippen LogP contribution in [0.1, 0.15) is 99.3 Å². The Bertz CT molecular complexity index is 2560. The second-order valence-electron chi connectivity index (χ2n) is 18.5. The molecule has 3 fully saturated rings. The van der Waals surface area contributed by atoms with E-state index in [1.807, 2.05) is 59.3 Å². The topological polar surface area (TPSA) is 90.2 Å². The maximum atomic E-state index is 13.5. The molecule has 10 rings (SSSR count). The zero-order chi connectivity index (χ0) is 45.7. The van der Waals surface area contributed by atoms with E-state index >= 15 is 0 Å². The third-order valence-corrected chi connectivity index (χ3v) is 15.1. The van der Waals surface area contributed by atoms with E-state index < -0.39 is 17.4 Å². The Balaban J connectivity index is 0.000000164. The molecule has 3 aromatic heterocycles. The van der Waals surface area contributed by atoms with E-state index in [1.54, 1.807) is 25.3 Å². The molecule has 0 aliphatic carbocycles. The van der Waals surface area contributed by atoms with Gasteiger partial charge in [-0.25, -0.2) is 4.98 Å². The zero-order valence-electron chi connectivity index (χ0n) is 37.9. The van der Waals surface area contributed by atoms with Crippen LogP contribution in [0, 0.1) is 6.92 Å². The number of piperidine rings is 2. The molecule has 65 heavy (non-hydrogen) atoms. The second kappa shape index (κ2) is 17.6. The van der Waals surface area contributed by atoms with Crippen LogP contribution in [-0.2, 0) is 30.3 Å². The summed E-state index contributed by atoms with van der Waals surface area (Å²) in [6, 6.07) is 26.9. The minimum Gasteiger partial charge on any atom is -0.356 e. The third kappa shape index (κ3) is 8.06. The van der Waals surface area contributed by atoms with Crippen molar-refractivity contribution in [1.29, 1.82) is 0 Å². The Kier molecular flexibility index (Phi) is 12.0. The summed E-state index contributed by atoms with van der Waals surface area (Å²) in [5, 5.41) is 0. The van der Waals surface area contributed by atoms with Gasteiger partial charge in [-0.1, -0.05) is 36.4 Å². The van der Waals surface area contributed by atoms with Gasteiger partial charge in [0.25, 0.3) is 11.8 Å². The molecule has 3 saturated heterocycles. The van der Waals surface area contributed by atoms with Crippen LogP contribution in [-0.4, -0.2) is 118 Å². The Morgan fingerprint density at radius 2 is 1.22 bits per heavy atom. The largest absolute Gasteiger partial charge is 0.431 e. The highest BCUT2D eigenvalue weighted by molar-refractivity contribution is 5.99. The number of hydrogen-bond acceptors (Lipinski definition) is 7. The summed E-state index contributed by atoms with van der Waals surface area (Å²) >= 11 is 0. The fraction of sp³-hybridized carbons (Fsp3) is 0.451. The number of carbonyl (C=O) groups excluding carboxylic acids is 3. The van der Waals surface area contributed by atoms with Crippen molar-refractivity contribution in [3.8, 4) is 11.1 Å². The van der Waals surface area contributed by atoms with E-state index in [9.17, 15) is 27.6 Å². The normalized spacial score (nSPS) is 19.5. The number of halogens is 3. The number of hydrogen-bond donors (Lipinski definition) is 0. The highest BCUT2D eigenvalue weighted by Gasteiger charge is 2.48. The number of amides is 2. The predicted molar refractivity (Wildman–Crippen MR) is 245 cm³/mol. The second-order valence-corrected chi connectivity index (χ2v) is 18.5. The van der Waals surface area contributed by atoms with Gasteiger partial charge in [-0.2, -0.15) is 13.2 Å². The third-order valence-electron chi connectivity index (χ3n) is 15.1. The van der Waals surface area contributed by atoms with Gasteiger partial charge < -0.3 is 23.8 Å². The summed E-state index contributed by atoms with van der Waals surface area (Å²) in [5.41, 5.74) is 6.36. The van der Waals surface area contributed by atoms with Gasteiger partial charge in [0.05, 0.1) is 22.3 Å². The lowest BCUT2D eigenvalue weighted by Crippen LogP contribution is -2.56. The number of alkyl halides is 3. The predicted octanol–water partition coefficient (Wildman–Crippen LogP) is 8.32. The molecule has 342 valence electrons. The molecule has 14 heteroatoms. The molecule has 0 bridgehead atoms. The van der Waals surface area contributed by atoms with Crippen molar-refractivity contribution >= 4 is 23.4 Å². The summed E-state index contributed by atoms with van der Waals surface area (Å²) in [7, 11) is 4.15. The van der Waals surface area contributed by atoms with Crippen LogP contribution in [0.2, 0.25) is 0 Å². The van der Waals surface area contributed by atoms with Gasteiger partial charge in [0.15, 0.2) is 5.78 Å². The van der Waals surface area contributed by atoms with Crippen molar-refractivity contribution < 1.29 is 27.6 Å². The molecule has 2 aromatic carbocycles. The molecule has 11 nitrogen and oxygen atoms in total. The van der Waals surface area contributed by atoms with Crippen LogP contribution in [0.3, 0.4) is 0 Å². The number of ketones is 1. The minimum absolute atomic E-state index is 0.0420. The van der Waals surface area contributed by atoms with Crippen molar-refractivity contribution in [3.05, 3.63) is 131 Å². The highest BCUT2D eigenvalue weighted by atomic mass is 19.4. The van der Waals surface area contributed by atoms with Crippen LogP contribution < -0.4 is 4.90 Å². The van der Waals surface area contributed by atoms with E-state index in [2.05, 4.69) is 62.5 Å². The van der Waals surface area contributed by atoms with Crippen LogP contribution >= 0.6 is 0 Å². The number of likely N-dealkylation sites (tertiary alicyclic amines) is 2. The Labute approximate surface area is 379 Å². The molecule has 0 atom stereocenters. The van der Waals surface area contributed by atoms with Gasteiger partial charge in [-0.3, -0.25) is 24.2 Å². The lowest BCUT2D eigenvalue weighted by Gasteiger charge is -2.50. The fourth-order valence-corrected chi connectivity index (χ4v) is 11.4. The molecule has 5 aromatic rings. The standard InChI is InChI=1S/C28H31N3O2.C23H28F3N5O/c1-20-19-23(9-10-24(20)22-7-5-4-6-8-22)27(33)30-15-13-28(14-16-30)26-12-11-25(21(2)32)31(26)18-17-29(28)3;1-28-15-16-31-18(6-7-19(31)23(24,25)26)22(28)8-13-30(14-9-22)21(32)17-5-4-10-27-20(17)29-11-2-3-12-29/h4-12,19H,13-18H2,1-3H3;4-7,10H,2-3,8-9,11-16H2,1H3. The first-order chi connectivity index (χ1) is 31.2. The molecular formula is C51H59F3N8O3. The van der Waals surface area contributed by atoms with Gasteiger partial charge in [0.2, 0.25) is 0 Å². The van der Waals surface area contributed by atoms with Crippen LogP contribution in [0.5, 0.6) is 0 Å². The summed E-state index contributed by atoms with van der Waals surface area (Å²) < 4.78 is 44.1. The van der Waals surface area contributed by atoms with E-state index in [-0.39, 0.29) is 23.1 Å². The van der Waals surface area contributed by atoms with Crippen LogP contribution in [0.15, 0.2) is 91.1 Å². The van der Waals surface area contributed by atoms with Gasteiger partial charge >= 0.3 is 6.18 Å². The average Bonchev–Trinajstić information content (AvgIpc) is 4.11. The van der Waals surface area contributed by atoms with E-state index in [4.69, 9.17) is 0 Å². The SMILES string of the molecule is CC(=O)c1ccc2n1CCN(C)C21CCN(C(=O)c2ccc(-c3ccccc3)c(C)c2)CC1.CN1CCn2c(C(F)(F)F)ccc2C12CCN(C(=O)c1cccnc1N1CCCC1)CC2. The zero-order valence-corrected chi connectivity index (χ0v) is 37.9. The Morgan fingerprint density at radius 3 is 1.82 bits per heavy atom. The molecule has 2 spiro atoms. The smallest absolute Gasteiger partial charge is 0.356 e. The molecule has 0 radical (unpaired) electrons. The number of Topliss-reactive ketones (excluding diaryl/α,β-unsaturated/α-hetero) is 1. The lowest BCUT2D eigenvalue weighted by atomic mass is 9.81. The Hall–Kier alpha value is -5.73. The first-order valence-electron chi connectivity index (χ1n) is 23.1. The van der Waals surface area contributed by atoms with E-state index in [0.717, 1.165) is 80.1 Å². The number of fused-ring (bicyclic) bond motifs is 4. The fourth-order valence-electron chi connectivity index (χ4n) is 11.4.